The number of carbonyl (C=O) groups excluding carboxylic acids is 1. The smallest absolute Gasteiger partial charge is 0.310 e. The van der Waals surface area contributed by atoms with Crippen LogP contribution in [0, 0.1) is 5.92 Å². The van der Waals surface area contributed by atoms with Crippen molar-refractivity contribution < 1.29 is 14.1 Å². The normalized spacial score (nSPS) is 18.2. The first-order chi connectivity index (χ1) is 12.2. The lowest BCUT2D eigenvalue weighted by atomic mass is 9.98. The second kappa shape index (κ2) is 8.49. The van der Waals surface area contributed by atoms with Crippen LogP contribution >= 0.6 is 11.8 Å². The molecular weight excluding hydrogens is 338 g/mol. The Kier molecular flexibility index (Phi) is 6.09. The third kappa shape index (κ3) is 4.61. The first-order valence-corrected chi connectivity index (χ1v) is 9.78. The van der Waals surface area contributed by atoms with Crippen LogP contribution in [0.1, 0.15) is 25.7 Å². The molecule has 3 rings (SSSR count). The van der Waals surface area contributed by atoms with Gasteiger partial charge in [-0.3, -0.25) is 9.69 Å². The van der Waals surface area contributed by atoms with Crippen LogP contribution in [0.15, 0.2) is 33.7 Å². The van der Waals surface area contributed by atoms with E-state index in [0.717, 1.165) is 24.9 Å². The van der Waals surface area contributed by atoms with Crippen LogP contribution in [0.25, 0.3) is 11.4 Å². The Morgan fingerprint density at radius 3 is 2.92 bits per heavy atom. The molecule has 0 aliphatic carbocycles. The van der Waals surface area contributed by atoms with Crippen molar-refractivity contribution in [2.75, 3.05) is 26.0 Å². The molecule has 0 spiro atoms. The number of likely N-dealkylation sites (tertiary alicyclic amines) is 1. The van der Waals surface area contributed by atoms with Gasteiger partial charge in [0.1, 0.15) is 0 Å². The molecule has 1 fully saturated rings. The molecule has 1 aliphatic rings. The van der Waals surface area contributed by atoms with Crippen LogP contribution in [-0.2, 0) is 16.1 Å². The van der Waals surface area contributed by atoms with Crippen LogP contribution in [0.2, 0.25) is 0 Å². The molecule has 0 radical (unpaired) electrons. The molecule has 1 aromatic carbocycles. The van der Waals surface area contributed by atoms with Gasteiger partial charge < -0.3 is 9.26 Å². The zero-order valence-corrected chi connectivity index (χ0v) is 15.4. The quantitative estimate of drug-likeness (QED) is 0.578. The Morgan fingerprint density at radius 2 is 2.20 bits per heavy atom. The summed E-state index contributed by atoms with van der Waals surface area (Å²) in [5.41, 5.74) is 0.941. The molecule has 0 bridgehead atoms. The van der Waals surface area contributed by atoms with E-state index in [4.69, 9.17) is 9.26 Å². The van der Waals surface area contributed by atoms with Crippen LogP contribution in [0.3, 0.4) is 0 Å². The molecule has 1 saturated heterocycles. The Balaban J connectivity index is 1.61. The van der Waals surface area contributed by atoms with Crippen LogP contribution in [0.4, 0.5) is 0 Å². The Morgan fingerprint density at radius 1 is 1.40 bits per heavy atom. The number of carbonyl (C=O) groups is 1. The number of rotatable bonds is 6. The number of benzene rings is 1. The Labute approximate surface area is 151 Å². The maximum atomic E-state index is 11.9. The molecule has 7 heteroatoms. The second-order valence-electron chi connectivity index (χ2n) is 6.07. The predicted octanol–water partition coefficient (Wildman–Crippen LogP) is 3.23. The molecule has 25 heavy (non-hydrogen) atoms. The van der Waals surface area contributed by atoms with Gasteiger partial charge in [0.05, 0.1) is 19.1 Å². The molecule has 1 atom stereocenters. The monoisotopic (exact) mass is 361 g/mol. The molecule has 0 unspecified atom stereocenters. The van der Waals surface area contributed by atoms with Gasteiger partial charge in [0.25, 0.3) is 0 Å². The molecule has 0 N–H and O–H groups in total. The van der Waals surface area contributed by atoms with E-state index >= 15 is 0 Å². The molecule has 6 nitrogen and oxygen atoms in total. The van der Waals surface area contributed by atoms with Gasteiger partial charge in [0.15, 0.2) is 0 Å². The van der Waals surface area contributed by atoms with Crippen molar-refractivity contribution in [1.82, 2.24) is 15.0 Å². The van der Waals surface area contributed by atoms with E-state index in [1.165, 1.54) is 4.90 Å². The molecular formula is C18H23N3O3S. The summed E-state index contributed by atoms with van der Waals surface area (Å²) in [7, 11) is 0. The average Bonchev–Trinajstić information content (AvgIpc) is 3.10. The SMILES string of the molecule is CCOC(=O)[C@@H]1CCCN(Cc2nc(-c3ccc(SC)cc3)no2)C1. The summed E-state index contributed by atoms with van der Waals surface area (Å²) in [6.07, 6.45) is 3.90. The lowest BCUT2D eigenvalue weighted by Gasteiger charge is -2.30. The van der Waals surface area contributed by atoms with Crippen molar-refractivity contribution >= 4 is 17.7 Å². The zero-order valence-electron chi connectivity index (χ0n) is 14.6. The van der Waals surface area contributed by atoms with Crippen LogP contribution in [-0.4, -0.2) is 47.0 Å². The zero-order chi connectivity index (χ0) is 17.6. The van der Waals surface area contributed by atoms with E-state index in [1.54, 1.807) is 11.8 Å². The fraction of sp³-hybridized carbons (Fsp3) is 0.500. The second-order valence-corrected chi connectivity index (χ2v) is 6.95. The number of nitrogens with zero attached hydrogens (tertiary/aromatic N) is 3. The van der Waals surface area contributed by atoms with Gasteiger partial charge in [-0.1, -0.05) is 5.16 Å². The largest absolute Gasteiger partial charge is 0.466 e. The van der Waals surface area contributed by atoms with Crippen molar-refractivity contribution in [3.8, 4) is 11.4 Å². The van der Waals surface area contributed by atoms with Gasteiger partial charge in [0.2, 0.25) is 11.7 Å². The number of hydrogen-bond acceptors (Lipinski definition) is 7. The van der Waals surface area contributed by atoms with Crippen molar-refractivity contribution in [2.24, 2.45) is 5.92 Å². The Bertz CT molecular complexity index is 702. The number of hydrogen-bond donors (Lipinski definition) is 0. The first-order valence-electron chi connectivity index (χ1n) is 8.55. The number of ether oxygens (including phenoxy) is 1. The highest BCUT2D eigenvalue weighted by Gasteiger charge is 2.27. The first kappa shape index (κ1) is 17.9. The minimum atomic E-state index is -0.104. The number of esters is 1. The molecule has 134 valence electrons. The minimum Gasteiger partial charge on any atom is -0.466 e. The molecule has 1 aliphatic heterocycles. The van der Waals surface area contributed by atoms with Gasteiger partial charge in [-0.15, -0.1) is 11.8 Å². The summed E-state index contributed by atoms with van der Waals surface area (Å²) < 4.78 is 10.5. The summed E-state index contributed by atoms with van der Waals surface area (Å²) >= 11 is 1.70. The van der Waals surface area contributed by atoms with E-state index in [2.05, 4.69) is 15.0 Å². The molecule has 2 heterocycles. The predicted molar refractivity (Wildman–Crippen MR) is 96.1 cm³/mol. The van der Waals surface area contributed by atoms with Gasteiger partial charge in [0, 0.05) is 17.0 Å². The number of thioether (sulfide) groups is 1. The van der Waals surface area contributed by atoms with E-state index < -0.39 is 0 Å². The van der Waals surface area contributed by atoms with E-state index in [1.807, 2.05) is 37.4 Å². The van der Waals surface area contributed by atoms with E-state index in [0.29, 0.717) is 31.4 Å². The molecule has 0 amide bonds. The standard InChI is InChI=1S/C18H23N3O3S/c1-3-23-18(22)14-5-4-10-21(11-14)12-16-19-17(20-24-16)13-6-8-15(25-2)9-7-13/h6-9,14H,3-5,10-12H2,1-2H3/t14-/m1/s1. The number of piperidine rings is 1. The van der Waals surface area contributed by atoms with E-state index in [-0.39, 0.29) is 11.9 Å². The lowest BCUT2D eigenvalue weighted by molar-refractivity contribution is -0.150. The maximum absolute atomic E-state index is 11.9. The number of aromatic nitrogens is 2. The van der Waals surface area contributed by atoms with Crippen molar-refractivity contribution in [3.63, 3.8) is 0 Å². The summed E-state index contributed by atoms with van der Waals surface area (Å²) in [4.78, 5) is 19.8. The topological polar surface area (TPSA) is 68.5 Å². The average molecular weight is 361 g/mol. The minimum absolute atomic E-state index is 0.0600. The van der Waals surface area contributed by atoms with Crippen LogP contribution < -0.4 is 0 Å². The van der Waals surface area contributed by atoms with Crippen LogP contribution in [0.5, 0.6) is 0 Å². The summed E-state index contributed by atoms with van der Waals surface area (Å²) in [6, 6.07) is 8.09. The highest BCUT2D eigenvalue weighted by molar-refractivity contribution is 7.98. The lowest BCUT2D eigenvalue weighted by Crippen LogP contribution is -2.39. The fourth-order valence-electron chi connectivity index (χ4n) is 3.02. The summed E-state index contributed by atoms with van der Waals surface area (Å²) in [5, 5.41) is 4.08. The molecule has 2 aromatic rings. The van der Waals surface area contributed by atoms with Gasteiger partial charge in [-0.25, -0.2) is 0 Å². The fourth-order valence-corrected chi connectivity index (χ4v) is 3.43. The van der Waals surface area contributed by atoms with Crippen molar-refractivity contribution in [2.45, 2.75) is 31.2 Å². The van der Waals surface area contributed by atoms with Crippen molar-refractivity contribution in [3.05, 3.63) is 30.2 Å². The van der Waals surface area contributed by atoms with Gasteiger partial charge in [-0.2, -0.15) is 4.98 Å². The summed E-state index contributed by atoms with van der Waals surface area (Å²) in [5.74, 6) is 1.01. The summed E-state index contributed by atoms with van der Waals surface area (Å²) in [6.45, 7) is 4.43. The Hall–Kier alpha value is -1.86. The van der Waals surface area contributed by atoms with Gasteiger partial charge in [-0.05, 0) is 56.8 Å². The third-order valence-corrected chi connectivity index (χ3v) is 5.04. The van der Waals surface area contributed by atoms with E-state index in [9.17, 15) is 4.79 Å². The highest BCUT2D eigenvalue weighted by Crippen LogP contribution is 2.23. The third-order valence-electron chi connectivity index (χ3n) is 4.30. The van der Waals surface area contributed by atoms with Crippen molar-refractivity contribution in [1.29, 1.82) is 0 Å². The van der Waals surface area contributed by atoms with Gasteiger partial charge >= 0.3 is 5.97 Å². The highest BCUT2D eigenvalue weighted by atomic mass is 32.2. The molecule has 0 saturated carbocycles. The molecule has 1 aromatic heterocycles. The maximum Gasteiger partial charge on any atom is 0.310 e.